The Kier molecular flexibility index (Phi) is 5.16. The Morgan fingerprint density at radius 2 is 1.96 bits per heavy atom. The molecule has 1 amide bonds. The van der Waals surface area contributed by atoms with Gasteiger partial charge in [0, 0.05) is 30.8 Å². The zero-order valence-electron chi connectivity index (χ0n) is 14.2. The van der Waals surface area contributed by atoms with E-state index in [4.69, 9.17) is 0 Å². The molecule has 3 rings (SSSR count). The smallest absolute Gasteiger partial charge is 0.416 e. The standard InChI is InChI=1S/C19H17F3N2O3/c20-19(21,22)14-6-1-4-12(10-14)17(26)13-5-3-9-24(11-13)18(27)16-15(25)7-2-8-23-16/h1-2,4,6-8,10,13,25H,3,5,9,11H2. The van der Waals surface area contributed by atoms with Crippen LogP contribution in [-0.4, -0.2) is 39.8 Å². The van der Waals surface area contributed by atoms with Crippen LogP contribution in [0.5, 0.6) is 5.75 Å². The van der Waals surface area contributed by atoms with Gasteiger partial charge in [-0.2, -0.15) is 13.2 Å². The zero-order valence-corrected chi connectivity index (χ0v) is 14.2. The second-order valence-corrected chi connectivity index (χ2v) is 6.40. The Labute approximate surface area is 153 Å². The van der Waals surface area contributed by atoms with E-state index in [0.717, 1.165) is 12.1 Å². The van der Waals surface area contributed by atoms with Crippen LogP contribution >= 0.6 is 0 Å². The minimum absolute atomic E-state index is 0.0233. The van der Waals surface area contributed by atoms with Crippen LogP contribution in [-0.2, 0) is 6.18 Å². The molecule has 0 spiro atoms. The normalized spacial score (nSPS) is 17.6. The van der Waals surface area contributed by atoms with Crippen LogP contribution in [0.2, 0.25) is 0 Å². The molecule has 5 nitrogen and oxygen atoms in total. The molecule has 1 saturated heterocycles. The zero-order chi connectivity index (χ0) is 19.6. The summed E-state index contributed by atoms with van der Waals surface area (Å²) in [6.07, 6.45) is -2.13. The lowest BCUT2D eigenvalue weighted by atomic mass is 9.89. The fourth-order valence-electron chi connectivity index (χ4n) is 3.17. The molecule has 2 heterocycles. The van der Waals surface area contributed by atoms with E-state index in [1.54, 1.807) is 0 Å². The third-order valence-electron chi connectivity index (χ3n) is 4.54. The summed E-state index contributed by atoms with van der Waals surface area (Å²) in [5.74, 6) is -1.79. The van der Waals surface area contributed by atoms with E-state index in [1.807, 2.05) is 0 Å². The van der Waals surface area contributed by atoms with Crippen molar-refractivity contribution in [2.75, 3.05) is 13.1 Å². The molecule has 1 aliphatic rings. The third kappa shape index (κ3) is 4.10. The van der Waals surface area contributed by atoms with Crippen molar-refractivity contribution in [1.29, 1.82) is 0 Å². The van der Waals surface area contributed by atoms with Gasteiger partial charge in [-0.3, -0.25) is 9.59 Å². The highest BCUT2D eigenvalue weighted by molar-refractivity contribution is 5.99. The molecule has 27 heavy (non-hydrogen) atoms. The number of nitrogens with zero attached hydrogens (tertiary/aromatic N) is 2. The topological polar surface area (TPSA) is 70.5 Å². The summed E-state index contributed by atoms with van der Waals surface area (Å²) in [6, 6.07) is 7.14. The number of benzene rings is 1. The number of hydrogen-bond donors (Lipinski definition) is 1. The van der Waals surface area contributed by atoms with Crippen molar-refractivity contribution in [2.24, 2.45) is 5.92 Å². The summed E-state index contributed by atoms with van der Waals surface area (Å²) in [7, 11) is 0. The van der Waals surface area contributed by atoms with Gasteiger partial charge in [-0.25, -0.2) is 4.98 Å². The summed E-state index contributed by atoms with van der Waals surface area (Å²) in [6.45, 7) is 0.463. The van der Waals surface area contributed by atoms with E-state index in [2.05, 4.69) is 4.98 Å². The Morgan fingerprint density at radius 1 is 1.19 bits per heavy atom. The summed E-state index contributed by atoms with van der Waals surface area (Å²) in [4.78, 5) is 30.5. The molecule has 0 saturated carbocycles. The van der Waals surface area contributed by atoms with Gasteiger partial charge in [-0.15, -0.1) is 0 Å². The predicted molar refractivity (Wildman–Crippen MR) is 90.3 cm³/mol. The van der Waals surface area contributed by atoms with Gasteiger partial charge >= 0.3 is 6.18 Å². The minimum atomic E-state index is -4.53. The van der Waals surface area contributed by atoms with E-state index in [9.17, 15) is 27.9 Å². The Morgan fingerprint density at radius 3 is 2.67 bits per heavy atom. The lowest BCUT2D eigenvalue weighted by Gasteiger charge is -2.32. The molecule has 1 atom stereocenters. The summed E-state index contributed by atoms with van der Waals surface area (Å²) < 4.78 is 38.6. The number of aromatic nitrogens is 1. The van der Waals surface area contributed by atoms with Gasteiger partial charge in [-0.05, 0) is 37.1 Å². The SMILES string of the molecule is O=C(c1cccc(C(F)(F)F)c1)C1CCCN(C(=O)c2ncccc2O)C1. The van der Waals surface area contributed by atoms with Gasteiger partial charge in [0.1, 0.15) is 5.75 Å². The molecule has 2 aromatic rings. The van der Waals surface area contributed by atoms with E-state index in [-0.39, 0.29) is 23.6 Å². The van der Waals surface area contributed by atoms with E-state index >= 15 is 0 Å². The molecule has 1 aromatic heterocycles. The summed E-state index contributed by atoms with van der Waals surface area (Å²) >= 11 is 0. The third-order valence-corrected chi connectivity index (χ3v) is 4.54. The number of pyridine rings is 1. The molecule has 0 bridgehead atoms. The van der Waals surface area contributed by atoms with Crippen molar-refractivity contribution in [3.05, 3.63) is 59.4 Å². The van der Waals surface area contributed by atoms with Crippen LogP contribution in [0.25, 0.3) is 0 Å². The van der Waals surface area contributed by atoms with Gasteiger partial charge in [-0.1, -0.05) is 12.1 Å². The van der Waals surface area contributed by atoms with Crippen LogP contribution in [0.15, 0.2) is 42.6 Å². The highest BCUT2D eigenvalue weighted by Crippen LogP contribution is 2.31. The van der Waals surface area contributed by atoms with E-state index < -0.39 is 29.3 Å². The molecule has 8 heteroatoms. The Bertz CT molecular complexity index is 867. The Balaban J connectivity index is 1.77. The van der Waals surface area contributed by atoms with Gasteiger partial charge in [0.15, 0.2) is 11.5 Å². The number of hydrogen-bond acceptors (Lipinski definition) is 4. The van der Waals surface area contributed by atoms with Crippen LogP contribution in [0.1, 0.15) is 39.3 Å². The van der Waals surface area contributed by atoms with Crippen LogP contribution in [0.4, 0.5) is 13.2 Å². The summed E-state index contributed by atoms with van der Waals surface area (Å²) in [5.41, 5.74) is -1.01. The second-order valence-electron chi connectivity index (χ2n) is 6.40. The van der Waals surface area contributed by atoms with Crippen LogP contribution < -0.4 is 0 Å². The first-order chi connectivity index (χ1) is 12.8. The molecule has 1 aliphatic heterocycles. The van der Waals surface area contributed by atoms with Crippen molar-refractivity contribution < 1.29 is 27.9 Å². The number of carbonyl (C=O) groups is 2. The quantitative estimate of drug-likeness (QED) is 0.830. The summed E-state index contributed by atoms with van der Waals surface area (Å²) in [5, 5.41) is 9.79. The maximum Gasteiger partial charge on any atom is 0.416 e. The fourth-order valence-corrected chi connectivity index (χ4v) is 3.17. The number of aromatic hydroxyl groups is 1. The number of halogens is 3. The van der Waals surface area contributed by atoms with Gasteiger partial charge in [0.2, 0.25) is 0 Å². The average molecular weight is 378 g/mol. The number of rotatable bonds is 3. The highest BCUT2D eigenvalue weighted by atomic mass is 19.4. The van der Waals surface area contributed by atoms with Gasteiger partial charge in [0.05, 0.1) is 5.56 Å². The predicted octanol–water partition coefficient (Wildman–Crippen LogP) is 3.54. The fraction of sp³-hybridized carbons (Fsp3) is 0.316. The molecule has 1 aromatic carbocycles. The highest BCUT2D eigenvalue weighted by Gasteiger charge is 2.33. The van der Waals surface area contributed by atoms with Crippen LogP contribution in [0, 0.1) is 5.92 Å². The molecular formula is C19H17F3N2O3. The number of ketones is 1. The van der Waals surface area contributed by atoms with Crippen molar-refractivity contribution >= 4 is 11.7 Å². The monoisotopic (exact) mass is 378 g/mol. The minimum Gasteiger partial charge on any atom is -0.505 e. The first-order valence-electron chi connectivity index (χ1n) is 8.42. The molecular weight excluding hydrogens is 361 g/mol. The van der Waals surface area contributed by atoms with Crippen molar-refractivity contribution in [2.45, 2.75) is 19.0 Å². The molecule has 142 valence electrons. The molecule has 0 radical (unpaired) electrons. The molecule has 1 N–H and O–H groups in total. The second kappa shape index (κ2) is 7.38. The number of Topliss-reactive ketones (excluding diaryl/α,β-unsaturated/α-hetero) is 1. The van der Waals surface area contributed by atoms with Gasteiger partial charge in [0.25, 0.3) is 5.91 Å². The molecule has 1 unspecified atom stereocenters. The van der Waals surface area contributed by atoms with Crippen molar-refractivity contribution in [1.82, 2.24) is 9.88 Å². The van der Waals surface area contributed by atoms with Crippen molar-refractivity contribution in [3.63, 3.8) is 0 Å². The molecule has 0 aliphatic carbocycles. The maximum atomic E-state index is 12.9. The number of likely N-dealkylation sites (tertiary alicyclic amines) is 1. The largest absolute Gasteiger partial charge is 0.505 e. The van der Waals surface area contributed by atoms with E-state index in [1.165, 1.54) is 35.4 Å². The maximum absolute atomic E-state index is 12.9. The van der Waals surface area contributed by atoms with Crippen molar-refractivity contribution in [3.8, 4) is 5.75 Å². The van der Waals surface area contributed by atoms with Gasteiger partial charge < -0.3 is 10.0 Å². The first-order valence-corrected chi connectivity index (χ1v) is 8.42. The first kappa shape index (κ1) is 18.9. The lowest BCUT2D eigenvalue weighted by molar-refractivity contribution is -0.137. The average Bonchev–Trinajstić information content (AvgIpc) is 2.67. The Hall–Kier alpha value is -2.90. The lowest BCUT2D eigenvalue weighted by Crippen LogP contribution is -2.42. The van der Waals surface area contributed by atoms with Crippen LogP contribution in [0.3, 0.4) is 0 Å². The number of piperidine rings is 1. The van der Waals surface area contributed by atoms with E-state index in [0.29, 0.717) is 19.4 Å². The number of alkyl halides is 3. The number of amides is 1. The number of carbonyl (C=O) groups excluding carboxylic acids is 2. The molecule has 1 fully saturated rings.